The van der Waals surface area contributed by atoms with Crippen LogP contribution in [0.4, 0.5) is 0 Å². The third-order valence-electron chi connectivity index (χ3n) is 3.92. The quantitative estimate of drug-likeness (QED) is 0.789. The average molecular weight is 338 g/mol. The zero-order valence-electron chi connectivity index (χ0n) is 13.3. The number of hydrogen-bond acceptors (Lipinski definition) is 4. The number of rotatable bonds is 5. The van der Waals surface area contributed by atoms with Crippen molar-refractivity contribution >= 4 is 22.0 Å². The Hall–Kier alpha value is -1.70. The Kier molecular flexibility index (Phi) is 5.56. The molecule has 0 aromatic heterocycles. The number of amides is 1. The van der Waals surface area contributed by atoms with Crippen LogP contribution >= 0.6 is 0 Å². The molecule has 0 saturated carbocycles. The van der Waals surface area contributed by atoms with Crippen molar-refractivity contribution in [1.82, 2.24) is 9.21 Å². The second kappa shape index (κ2) is 7.25. The molecule has 23 heavy (non-hydrogen) atoms. The lowest BCUT2D eigenvalue weighted by Gasteiger charge is -2.17. The lowest BCUT2D eigenvalue weighted by Crippen LogP contribution is -2.33. The van der Waals surface area contributed by atoms with E-state index in [2.05, 4.69) is 0 Å². The van der Waals surface area contributed by atoms with Gasteiger partial charge in [-0.25, -0.2) is 12.7 Å². The number of hydrogen-bond donors (Lipinski definition) is 1. The van der Waals surface area contributed by atoms with Crippen LogP contribution in [-0.2, 0) is 14.8 Å². The first-order valence-electron chi connectivity index (χ1n) is 7.40. The highest BCUT2D eigenvalue weighted by Crippen LogP contribution is 2.20. The van der Waals surface area contributed by atoms with Crippen molar-refractivity contribution < 1.29 is 18.3 Å². The normalized spacial score (nSPS) is 22.2. The fourth-order valence-electron chi connectivity index (χ4n) is 2.45. The van der Waals surface area contributed by atoms with Crippen LogP contribution in [0.15, 0.2) is 36.4 Å². The topological polar surface area (TPSA) is 77.9 Å². The number of carbonyl (C=O) groups excluding carboxylic acids is 1. The van der Waals surface area contributed by atoms with Crippen LogP contribution in [0.25, 0.3) is 6.08 Å². The summed E-state index contributed by atoms with van der Waals surface area (Å²) in [5.41, 5.74) is 0.910. The van der Waals surface area contributed by atoms with Crippen LogP contribution in [0.5, 0.6) is 0 Å². The largest absolute Gasteiger partial charge is 0.391 e. The molecule has 1 heterocycles. The second-order valence-corrected chi connectivity index (χ2v) is 8.10. The fraction of sp³-hybridized carbons (Fsp3) is 0.438. The van der Waals surface area contributed by atoms with Crippen molar-refractivity contribution in [2.75, 3.05) is 32.9 Å². The minimum absolute atomic E-state index is 0.158. The zero-order valence-corrected chi connectivity index (χ0v) is 14.1. The van der Waals surface area contributed by atoms with Gasteiger partial charge in [-0.3, -0.25) is 4.79 Å². The van der Waals surface area contributed by atoms with Gasteiger partial charge in [-0.05, 0) is 11.6 Å². The summed E-state index contributed by atoms with van der Waals surface area (Å²) in [6.45, 7) is 0.401. The van der Waals surface area contributed by atoms with E-state index in [1.165, 1.54) is 25.1 Å². The van der Waals surface area contributed by atoms with E-state index in [1.54, 1.807) is 6.08 Å². The Morgan fingerprint density at radius 2 is 1.96 bits per heavy atom. The zero-order chi connectivity index (χ0) is 17.0. The highest BCUT2D eigenvalue weighted by molar-refractivity contribution is 7.89. The van der Waals surface area contributed by atoms with Crippen molar-refractivity contribution in [2.45, 2.75) is 6.10 Å². The highest BCUT2D eigenvalue weighted by atomic mass is 32.2. The fourth-order valence-corrected chi connectivity index (χ4v) is 3.62. The van der Waals surface area contributed by atoms with Gasteiger partial charge in [0.25, 0.3) is 0 Å². The van der Waals surface area contributed by atoms with Gasteiger partial charge in [0, 0.05) is 39.2 Å². The van der Waals surface area contributed by atoms with Gasteiger partial charge in [-0.15, -0.1) is 0 Å². The molecular weight excluding hydrogens is 316 g/mol. The van der Waals surface area contributed by atoms with Crippen LogP contribution in [0.1, 0.15) is 5.56 Å². The van der Waals surface area contributed by atoms with Gasteiger partial charge < -0.3 is 10.0 Å². The van der Waals surface area contributed by atoms with Gasteiger partial charge in [0.05, 0.1) is 11.9 Å². The lowest BCUT2D eigenvalue weighted by molar-refractivity contribution is -0.125. The first-order valence-corrected chi connectivity index (χ1v) is 9.01. The number of aliphatic hydroxyl groups is 1. The summed E-state index contributed by atoms with van der Waals surface area (Å²) in [4.78, 5) is 13.7. The molecule has 1 aliphatic heterocycles. The summed E-state index contributed by atoms with van der Waals surface area (Å²) >= 11 is 0. The minimum Gasteiger partial charge on any atom is -0.391 e. The number of nitrogens with zero attached hydrogens (tertiary/aromatic N) is 2. The summed E-state index contributed by atoms with van der Waals surface area (Å²) in [6, 6.07) is 9.42. The Bertz CT molecular complexity index is 671. The number of carbonyl (C=O) groups is 1. The number of β-amino-alcohol motifs (C(OH)–C–C–N with tert-alkyl or cyclic N) is 1. The van der Waals surface area contributed by atoms with Crippen molar-refractivity contribution in [3.63, 3.8) is 0 Å². The summed E-state index contributed by atoms with van der Waals surface area (Å²) < 4.78 is 25.0. The molecule has 1 N–H and O–H groups in total. The smallest absolute Gasteiger partial charge is 0.246 e. The molecule has 0 bridgehead atoms. The van der Waals surface area contributed by atoms with Crippen molar-refractivity contribution in [1.29, 1.82) is 0 Å². The van der Waals surface area contributed by atoms with E-state index in [1.807, 2.05) is 30.3 Å². The molecular formula is C16H22N2O4S. The van der Waals surface area contributed by atoms with Crippen LogP contribution in [0.2, 0.25) is 0 Å². The number of likely N-dealkylation sites (tertiary alicyclic amines) is 1. The van der Waals surface area contributed by atoms with Crippen LogP contribution < -0.4 is 0 Å². The SMILES string of the molecule is CN(C)S(=O)(=O)C[C@@H]1CN(C(=O)C=Cc2ccccc2)C[C@@H]1O. The minimum atomic E-state index is -3.40. The molecule has 1 fully saturated rings. The van der Waals surface area contributed by atoms with Crippen LogP contribution in [-0.4, -0.2) is 67.7 Å². The third-order valence-corrected chi connectivity index (χ3v) is 5.88. The molecule has 0 radical (unpaired) electrons. The summed E-state index contributed by atoms with van der Waals surface area (Å²) in [7, 11) is -0.481. The van der Waals surface area contributed by atoms with Gasteiger partial charge in [-0.1, -0.05) is 30.3 Å². The van der Waals surface area contributed by atoms with E-state index in [-0.39, 0.29) is 24.7 Å². The molecule has 6 nitrogen and oxygen atoms in total. The molecule has 0 unspecified atom stereocenters. The van der Waals surface area contributed by atoms with Crippen LogP contribution in [0.3, 0.4) is 0 Å². The molecule has 1 aliphatic rings. The van der Waals surface area contributed by atoms with Crippen molar-refractivity contribution in [2.24, 2.45) is 5.92 Å². The number of benzene rings is 1. The van der Waals surface area contributed by atoms with E-state index in [9.17, 15) is 18.3 Å². The highest BCUT2D eigenvalue weighted by Gasteiger charge is 2.36. The molecule has 2 rings (SSSR count). The van der Waals surface area contributed by atoms with E-state index >= 15 is 0 Å². The maximum atomic E-state index is 12.2. The Morgan fingerprint density at radius 3 is 2.57 bits per heavy atom. The second-order valence-electron chi connectivity index (χ2n) is 5.88. The van der Waals surface area contributed by atoms with Crippen LogP contribution in [0, 0.1) is 5.92 Å². The van der Waals surface area contributed by atoms with Gasteiger partial charge in [-0.2, -0.15) is 0 Å². The maximum absolute atomic E-state index is 12.2. The Morgan fingerprint density at radius 1 is 1.30 bits per heavy atom. The Balaban J connectivity index is 1.98. The molecule has 0 spiro atoms. The van der Waals surface area contributed by atoms with Gasteiger partial charge in [0.15, 0.2) is 0 Å². The van der Waals surface area contributed by atoms with Crippen molar-refractivity contribution in [3.05, 3.63) is 42.0 Å². The molecule has 126 valence electrons. The maximum Gasteiger partial charge on any atom is 0.246 e. The molecule has 7 heteroatoms. The first-order chi connectivity index (χ1) is 10.8. The standard InChI is InChI=1S/C16H22N2O4S/c1-17(2)23(21,22)12-14-10-18(11-15(14)19)16(20)9-8-13-6-4-3-5-7-13/h3-9,14-15,19H,10-12H2,1-2H3/t14-,15-/m0/s1. The third kappa shape index (κ3) is 4.63. The van der Waals surface area contributed by atoms with E-state index in [0.29, 0.717) is 0 Å². The van der Waals surface area contributed by atoms with E-state index in [0.717, 1.165) is 9.87 Å². The molecule has 1 amide bonds. The van der Waals surface area contributed by atoms with E-state index in [4.69, 9.17) is 0 Å². The molecule has 1 saturated heterocycles. The summed E-state index contributed by atoms with van der Waals surface area (Å²) in [6.07, 6.45) is 2.34. The predicted molar refractivity (Wildman–Crippen MR) is 89.0 cm³/mol. The molecule has 2 atom stereocenters. The lowest BCUT2D eigenvalue weighted by atomic mass is 10.1. The average Bonchev–Trinajstić information content (AvgIpc) is 2.86. The van der Waals surface area contributed by atoms with E-state index < -0.39 is 22.0 Å². The van der Waals surface area contributed by atoms with Gasteiger partial charge >= 0.3 is 0 Å². The monoisotopic (exact) mass is 338 g/mol. The summed E-state index contributed by atoms with van der Waals surface area (Å²) in [5, 5.41) is 10.0. The van der Waals surface area contributed by atoms with Gasteiger partial charge in [0.2, 0.25) is 15.9 Å². The molecule has 1 aromatic carbocycles. The number of sulfonamides is 1. The number of aliphatic hydroxyl groups excluding tert-OH is 1. The molecule has 0 aliphatic carbocycles. The molecule has 1 aromatic rings. The Labute approximate surface area is 137 Å². The first kappa shape index (κ1) is 17.7. The summed E-state index contributed by atoms with van der Waals surface area (Å²) in [5.74, 6) is -0.845. The predicted octanol–water partition coefficient (Wildman–Crippen LogP) is 0.410. The van der Waals surface area contributed by atoms with Gasteiger partial charge in [0.1, 0.15) is 0 Å². The van der Waals surface area contributed by atoms with Crippen molar-refractivity contribution in [3.8, 4) is 0 Å².